The molecule has 0 saturated heterocycles. The Morgan fingerprint density at radius 1 is 0.833 bits per heavy atom. The Morgan fingerprint density at radius 3 is 2.20 bits per heavy atom. The van der Waals surface area contributed by atoms with E-state index in [2.05, 4.69) is 0 Å². The summed E-state index contributed by atoms with van der Waals surface area (Å²) in [6.07, 6.45) is -1.57. The van der Waals surface area contributed by atoms with Crippen LogP contribution in [0.25, 0.3) is 5.57 Å². The summed E-state index contributed by atoms with van der Waals surface area (Å²) < 4.78 is 39.3. The molecule has 1 aliphatic rings. The van der Waals surface area contributed by atoms with E-state index in [1.54, 1.807) is 24.3 Å². The monoisotopic (exact) mass is 408 g/mol. The molecular weight excluding hydrogens is 386 g/mol. The zero-order chi connectivity index (χ0) is 20.9. The SMILES string of the molecule is OCc1ccc(C(CC(c2ccccc2)c2ccc3c(c2)OCCO3)=C(F)F)cc1. The van der Waals surface area contributed by atoms with Gasteiger partial charge in [0.25, 0.3) is 6.08 Å². The van der Waals surface area contributed by atoms with Gasteiger partial charge in [-0.25, -0.2) is 0 Å². The van der Waals surface area contributed by atoms with E-state index in [-0.39, 0.29) is 24.5 Å². The topological polar surface area (TPSA) is 38.7 Å². The molecule has 0 amide bonds. The molecule has 0 saturated carbocycles. The molecule has 1 atom stereocenters. The van der Waals surface area contributed by atoms with Gasteiger partial charge in [-0.15, -0.1) is 0 Å². The normalized spacial score (nSPS) is 13.6. The van der Waals surface area contributed by atoms with E-state index in [0.29, 0.717) is 35.8 Å². The Hall–Kier alpha value is -3.18. The summed E-state index contributed by atoms with van der Waals surface area (Å²) in [6, 6.07) is 21.8. The number of hydrogen-bond acceptors (Lipinski definition) is 3. The van der Waals surface area contributed by atoms with Crippen LogP contribution >= 0.6 is 0 Å². The molecule has 3 aromatic rings. The second kappa shape index (κ2) is 9.09. The number of hydrogen-bond donors (Lipinski definition) is 1. The van der Waals surface area contributed by atoms with Crippen LogP contribution in [0.1, 0.15) is 34.6 Å². The Morgan fingerprint density at radius 2 is 1.53 bits per heavy atom. The van der Waals surface area contributed by atoms with E-state index < -0.39 is 6.08 Å². The highest BCUT2D eigenvalue weighted by Crippen LogP contribution is 2.40. The maximum atomic E-state index is 14.0. The van der Waals surface area contributed by atoms with Gasteiger partial charge in [0, 0.05) is 11.5 Å². The van der Waals surface area contributed by atoms with Crippen LogP contribution < -0.4 is 9.47 Å². The second-order valence-corrected chi connectivity index (χ2v) is 7.16. The van der Waals surface area contributed by atoms with Gasteiger partial charge in [0.1, 0.15) is 13.2 Å². The van der Waals surface area contributed by atoms with Crippen LogP contribution in [0.15, 0.2) is 78.9 Å². The minimum Gasteiger partial charge on any atom is -0.486 e. The van der Waals surface area contributed by atoms with E-state index >= 15 is 0 Å². The molecule has 5 heteroatoms. The van der Waals surface area contributed by atoms with Crippen LogP contribution in [0.3, 0.4) is 0 Å². The van der Waals surface area contributed by atoms with Crippen molar-refractivity contribution in [2.45, 2.75) is 18.9 Å². The average molecular weight is 408 g/mol. The summed E-state index contributed by atoms with van der Waals surface area (Å²) in [5.41, 5.74) is 2.95. The first-order chi connectivity index (χ1) is 14.7. The lowest BCUT2D eigenvalue weighted by Crippen LogP contribution is -2.15. The Bertz CT molecular complexity index is 1030. The van der Waals surface area contributed by atoms with Gasteiger partial charge in [-0.2, -0.15) is 8.78 Å². The molecule has 3 nitrogen and oxygen atoms in total. The number of allylic oxidation sites excluding steroid dienone is 1. The van der Waals surface area contributed by atoms with E-state index in [1.165, 1.54) is 0 Å². The highest BCUT2D eigenvalue weighted by Gasteiger charge is 2.22. The van der Waals surface area contributed by atoms with E-state index in [9.17, 15) is 13.9 Å². The molecule has 0 bridgehead atoms. The summed E-state index contributed by atoms with van der Waals surface area (Å²) >= 11 is 0. The highest BCUT2D eigenvalue weighted by molar-refractivity contribution is 5.68. The van der Waals surface area contributed by atoms with Crippen molar-refractivity contribution in [3.63, 3.8) is 0 Å². The maximum Gasteiger partial charge on any atom is 0.274 e. The van der Waals surface area contributed by atoms with Gasteiger partial charge >= 0.3 is 0 Å². The molecule has 0 radical (unpaired) electrons. The lowest BCUT2D eigenvalue weighted by Gasteiger charge is -2.23. The van der Waals surface area contributed by atoms with Crippen molar-refractivity contribution in [3.8, 4) is 11.5 Å². The molecule has 3 aromatic carbocycles. The zero-order valence-electron chi connectivity index (χ0n) is 16.4. The molecule has 0 aromatic heterocycles. The third-order valence-corrected chi connectivity index (χ3v) is 5.29. The number of ether oxygens (including phenoxy) is 2. The number of benzene rings is 3. The highest BCUT2D eigenvalue weighted by atomic mass is 19.3. The fourth-order valence-electron chi connectivity index (χ4n) is 3.71. The zero-order valence-corrected chi connectivity index (χ0v) is 16.4. The van der Waals surface area contributed by atoms with Gasteiger partial charge in [-0.05, 0) is 40.8 Å². The van der Waals surface area contributed by atoms with Crippen LogP contribution in [0, 0.1) is 0 Å². The van der Waals surface area contributed by atoms with Gasteiger partial charge in [0.15, 0.2) is 11.5 Å². The molecule has 1 N–H and O–H groups in total. The molecule has 1 unspecified atom stereocenters. The van der Waals surface area contributed by atoms with Crippen molar-refractivity contribution in [2.75, 3.05) is 13.2 Å². The number of aliphatic hydroxyl groups excluding tert-OH is 1. The summed E-state index contributed by atoms with van der Waals surface area (Å²) in [5, 5.41) is 9.23. The fraction of sp³-hybridized carbons (Fsp3) is 0.200. The molecule has 0 spiro atoms. The van der Waals surface area contributed by atoms with E-state index in [0.717, 1.165) is 11.1 Å². The van der Waals surface area contributed by atoms with Crippen molar-refractivity contribution in [3.05, 3.63) is 101 Å². The largest absolute Gasteiger partial charge is 0.486 e. The van der Waals surface area contributed by atoms with Crippen LogP contribution in [-0.4, -0.2) is 18.3 Å². The molecule has 154 valence electrons. The number of rotatable bonds is 6. The minimum absolute atomic E-state index is 0.0109. The van der Waals surface area contributed by atoms with Crippen LogP contribution in [-0.2, 0) is 6.61 Å². The number of fused-ring (bicyclic) bond motifs is 1. The molecule has 1 heterocycles. The third-order valence-electron chi connectivity index (χ3n) is 5.29. The molecule has 4 rings (SSSR count). The second-order valence-electron chi connectivity index (χ2n) is 7.16. The molecule has 0 fully saturated rings. The van der Waals surface area contributed by atoms with E-state index in [1.807, 2.05) is 48.5 Å². The summed E-state index contributed by atoms with van der Waals surface area (Å²) in [4.78, 5) is 0. The van der Waals surface area contributed by atoms with Crippen LogP contribution in [0.4, 0.5) is 8.78 Å². The third kappa shape index (κ3) is 4.36. The Labute approximate surface area is 174 Å². The minimum atomic E-state index is -1.70. The van der Waals surface area contributed by atoms with Crippen molar-refractivity contribution in [1.82, 2.24) is 0 Å². The first-order valence-electron chi connectivity index (χ1n) is 9.84. The number of aliphatic hydroxyl groups is 1. The molecule has 30 heavy (non-hydrogen) atoms. The van der Waals surface area contributed by atoms with Crippen molar-refractivity contribution in [2.24, 2.45) is 0 Å². The van der Waals surface area contributed by atoms with Crippen molar-refractivity contribution in [1.29, 1.82) is 0 Å². The predicted molar refractivity (Wildman–Crippen MR) is 112 cm³/mol. The van der Waals surface area contributed by atoms with Gasteiger partial charge in [0.05, 0.1) is 6.61 Å². The molecule has 0 aliphatic carbocycles. The summed E-state index contributed by atoms with van der Waals surface area (Å²) in [6.45, 7) is 0.841. The van der Waals surface area contributed by atoms with E-state index in [4.69, 9.17) is 9.47 Å². The number of halogens is 2. The fourth-order valence-corrected chi connectivity index (χ4v) is 3.71. The predicted octanol–water partition coefficient (Wildman–Crippen LogP) is 5.78. The lowest BCUT2D eigenvalue weighted by atomic mass is 9.84. The average Bonchev–Trinajstić information content (AvgIpc) is 2.80. The lowest BCUT2D eigenvalue weighted by molar-refractivity contribution is 0.171. The molecular formula is C25H22F2O3. The van der Waals surface area contributed by atoms with Crippen LogP contribution in [0.2, 0.25) is 0 Å². The summed E-state index contributed by atoms with van der Waals surface area (Å²) in [5.74, 6) is 1.03. The molecule has 1 aliphatic heterocycles. The van der Waals surface area contributed by atoms with Crippen LogP contribution in [0.5, 0.6) is 11.5 Å². The van der Waals surface area contributed by atoms with Crippen molar-refractivity contribution >= 4 is 5.57 Å². The smallest absolute Gasteiger partial charge is 0.274 e. The summed E-state index contributed by atoms with van der Waals surface area (Å²) in [7, 11) is 0. The van der Waals surface area contributed by atoms with Gasteiger partial charge in [-0.1, -0.05) is 60.7 Å². The van der Waals surface area contributed by atoms with Gasteiger partial charge in [0.2, 0.25) is 0 Å². The van der Waals surface area contributed by atoms with Gasteiger partial charge in [-0.3, -0.25) is 0 Å². The van der Waals surface area contributed by atoms with Gasteiger partial charge < -0.3 is 14.6 Å². The first-order valence-corrected chi connectivity index (χ1v) is 9.84. The Kier molecular flexibility index (Phi) is 6.10. The first kappa shape index (κ1) is 20.1. The maximum absolute atomic E-state index is 14.0. The quantitative estimate of drug-likeness (QED) is 0.562. The van der Waals surface area contributed by atoms with Crippen molar-refractivity contribution < 1.29 is 23.4 Å². The standard InChI is InChI=1S/C25H22F2O3/c26-25(27)22(19-8-6-17(16-28)7-9-19)15-21(18-4-2-1-3-5-18)20-10-11-23-24(14-20)30-13-12-29-23/h1-11,14,21,28H,12-13,15-16H2. The Balaban J connectivity index is 1.73.